The topological polar surface area (TPSA) is 38.3 Å². The summed E-state index contributed by atoms with van der Waals surface area (Å²) in [5, 5.41) is 2.90. The fraction of sp³-hybridized carbons (Fsp3) is 0.0500. The maximum atomic E-state index is 12.4. The number of hydrogen-bond acceptors (Lipinski definition) is 2. The lowest BCUT2D eigenvalue weighted by molar-refractivity contribution is 0.102. The first-order valence-corrected chi connectivity index (χ1v) is 8.62. The summed E-state index contributed by atoms with van der Waals surface area (Å²) in [5.74, 6) is 0.524. The molecule has 0 radical (unpaired) electrons. The number of carbonyl (C=O) groups excluding carboxylic acids is 1. The molecular formula is C20H16INO2. The molecule has 120 valence electrons. The van der Waals surface area contributed by atoms with E-state index in [1.165, 1.54) is 0 Å². The number of carbonyl (C=O) groups is 1. The number of hydrogen-bond donors (Lipinski definition) is 1. The van der Waals surface area contributed by atoms with Gasteiger partial charge in [-0.2, -0.15) is 0 Å². The Morgan fingerprint density at radius 2 is 1.71 bits per heavy atom. The van der Waals surface area contributed by atoms with E-state index in [0.717, 1.165) is 14.8 Å². The summed E-state index contributed by atoms with van der Waals surface area (Å²) >= 11 is 2.22. The Bertz CT molecular complexity index is 834. The molecule has 3 aromatic rings. The molecule has 1 amide bonds. The van der Waals surface area contributed by atoms with Crippen LogP contribution in [0.1, 0.15) is 15.9 Å². The van der Waals surface area contributed by atoms with E-state index < -0.39 is 0 Å². The number of rotatable bonds is 5. The minimum atomic E-state index is -0.151. The van der Waals surface area contributed by atoms with E-state index in [2.05, 4.69) is 27.9 Å². The smallest absolute Gasteiger partial charge is 0.255 e. The third-order valence-electron chi connectivity index (χ3n) is 3.43. The molecule has 0 aliphatic carbocycles. The van der Waals surface area contributed by atoms with Crippen LogP contribution in [0.5, 0.6) is 5.75 Å². The van der Waals surface area contributed by atoms with Crippen LogP contribution in [0, 0.1) is 3.57 Å². The minimum absolute atomic E-state index is 0.151. The summed E-state index contributed by atoms with van der Waals surface area (Å²) in [4.78, 5) is 12.4. The van der Waals surface area contributed by atoms with Crippen molar-refractivity contribution in [2.75, 3.05) is 5.32 Å². The first kappa shape index (κ1) is 16.5. The lowest BCUT2D eigenvalue weighted by Gasteiger charge is -2.09. The minimum Gasteiger partial charge on any atom is -0.489 e. The van der Waals surface area contributed by atoms with Crippen molar-refractivity contribution in [1.29, 1.82) is 0 Å². The summed E-state index contributed by atoms with van der Waals surface area (Å²) in [6, 6.07) is 24.8. The van der Waals surface area contributed by atoms with Crippen molar-refractivity contribution in [3.05, 3.63) is 93.6 Å². The summed E-state index contributed by atoms with van der Waals surface area (Å²) in [5.41, 5.74) is 2.44. The van der Waals surface area contributed by atoms with Gasteiger partial charge in [-0.25, -0.2) is 0 Å². The third-order valence-corrected chi connectivity index (χ3v) is 4.10. The van der Waals surface area contributed by atoms with Crippen LogP contribution in [0.15, 0.2) is 78.9 Å². The van der Waals surface area contributed by atoms with Crippen LogP contribution in [0.4, 0.5) is 5.69 Å². The molecule has 0 fully saturated rings. The lowest BCUT2D eigenvalue weighted by atomic mass is 10.2. The largest absolute Gasteiger partial charge is 0.489 e. The van der Waals surface area contributed by atoms with Gasteiger partial charge in [0.15, 0.2) is 0 Å². The highest BCUT2D eigenvalue weighted by Gasteiger charge is 2.07. The molecule has 0 aromatic heterocycles. The number of anilines is 1. The van der Waals surface area contributed by atoms with Gasteiger partial charge in [-0.15, -0.1) is 0 Å². The van der Waals surface area contributed by atoms with Crippen LogP contribution in [0.2, 0.25) is 0 Å². The van der Waals surface area contributed by atoms with Crippen LogP contribution < -0.4 is 10.1 Å². The zero-order chi connectivity index (χ0) is 16.8. The Kier molecular flexibility index (Phi) is 5.48. The van der Waals surface area contributed by atoms with Gasteiger partial charge in [0.05, 0.1) is 0 Å². The monoisotopic (exact) mass is 429 g/mol. The highest BCUT2D eigenvalue weighted by atomic mass is 127. The highest BCUT2D eigenvalue weighted by Crippen LogP contribution is 2.18. The molecule has 0 atom stereocenters. The van der Waals surface area contributed by atoms with E-state index in [4.69, 9.17) is 4.74 Å². The second-order valence-electron chi connectivity index (χ2n) is 5.27. The molecule has 0 saturated heterocycles. The summed E-state index contributed by atoms with van der Waals surface area (Å²) in [7, 11) is 0. The van der Waals surface area contributed by atoms with E-state index in [0.29, 0.717) is 17.9 Å². The van der Waals surface area contributed by atoms with Crippen molar-refractivity contribution in [1.82, 2.24) is 0 Å². The Labute approximate surface area is 154 Å². The van der Waals surface area contributed by atoms with Crippen LogP contribution in [0.3, 0.4) is 0 Å². The van der Waals surface area contributed by atoms with Crippen molar-refractivity contribution < 1.29 is 9.53 Å². The summed E-state index contributed by atoms with van der Waals surface area (Å²) < 4.78 is 6.85. The molecule has 0 aliphatic rings. The fourth-order valence-corrected chi connectivity index (χ4v) is 2.78. The van der Waals surface area contributed by atoms with Gasteiger partial charge in [0.25, 0.3) is 5.91 Å². The molecule has 0 heterocycles. The maximum absolute atomic E-state index is 12.4. The molecular weight excluding hydrogens is 413 g/mol. The van der Waals surface area contributed by atoms with Crippen LogP contribution in [0.25, 0.3) is 0 Å². The van der Waals surface area contributed by atoms with E-state index in [9.17, 15) is 4.79 Å². The Hall–Kier alpha value is -2.34. The molecule has 0 saturated carbocycles. The number of benzene rings is 3. The van der Waals surface area contributed by atoms with E-state index in [-0.39, 0.29) is 5.91 Å². The lowest BCUT2D eigenvalue weighted by Crippen LogP contribution is -2.12. The highest BCUT2D eigenvalue weighted by molar-refractivity contribution is 14.1. The quantitative estimate of drug-likeness (QED) is 0.572. The van der Waals surface area contributed by atoms with E-state index in [1.807, 2.05) is 66.7 Å². The van der Waals surface area contributed by atoms with Gasteiger partial charge in [-0.1, -0.05) is 42.5 Å². The number of ether oxygens (including phenoxy) is 1. The predicted molar refractivity (Wildman–Crippen MR) is 104 cm³/mol. The molecule has 3 aromatic carbocycles. The molecule has 0 aliphatic heterocycles. The third kappa shape index (κ3) is 4.58. The number of nitrogens with one attached hydrogen (secondary N) is 1. The normalized spacial score (nSPS) is 10.2. The first-order chi connectivity index (χ1) is 11.7. The van der Waals surface area contributed by atoms with Gasteiger partial charge in [0, 0.05) is 14.8 Å². The number of amides is 1. The SMILES string of the molecule is O=C(Nc1cccc(I)c1)c1cccc(OCc2ccccc2)c1. The van der Waals surface area contributed by atoms with Crippen molar-refractivity contribution in [3.8, 4) is 5.75 Å². The standard InChI is InChI=1S/C20H16INO2/c21-17-9-5-10-18(13-17)22-20(23)16-8-4-11-19(12-16)24-14-15-6-2-1-3-7-15/h1-13H,14H2,(H,22,23). The Morgan fingerprint density at radius 1 is 0.917 bits per heavy atom. The Balaban J connectivity index is 1.67. The number of halogens is 1. The molecule has 0 bridgehead atoms. The average Bonchev–Trinajstić information content (AvgIpc) is 2.61. The van der Waals surface area contributed by atoms with E-state index >= 15 is 0 Å². The van der Waals surface area contributed by atoms with Crippen molar-refractivity contribution in [3.63, 3.8) is 0 Å². The second kappa shape index (κ2) is 7.97. The molecule has 1 N–H and O–H groups in total. The van der Waals surface area contributed by atoms with Gasteiger partial charge in [0.1, 0.15) is 12.4 Å². The van der Waals surface area contributed by atoms with Crippen LogP contribution >= 0.6 is 22.6 Å². The average molecular weight is 429 g/mol. The van der Waals surface area contributed by atoms with Crippen LogP contribution in [-0.4, -0.2) is 5.91 Å². The first-order valence-electron chi connectivity index (χ1n) is 7.54. The van der Waals surface area contributed by atoms with Gasteiger partial charge < -0.3 is 10.1 Å². The molecule has 3 rings (SSSR count). The molecule has 0 spiro atoms. The van der Waals surface area contributed by atoms with Crippen molar-refractivity contribution in [2.24, 2.45) is 0 Å². The fourth-order valence-electron chi connectivity index (χ4n) is 2.24. The maximum Gasteiger partial charge on any atom is 0.255 e. The van der Waals surface area contributed by atoms with Crippen molar-refractivity contribution in [2.45, 2.75) is 6.61 Å². The summed E-state index contributed by atoms with van der Waals surface area (Å²) in [6.45, 7) is 0.475. The van der Waals surface area contributed by atoms with Crippen molar-refractivity contribution >= 4 is 34.2 Å². The zero-order valence-electron chi connectivity index (χ0n) is 12.9. The predicted octanol–water partition coefficient (Wildman–Crippen LogP) is 5.12. The van der Waals surface area contributed by atoms with Crippen LogP contribution in [-0.2, 0) is 6.61 Å². The van der Waals surface area contributed by atoms with E-state index in [1.54, 1.807) is 12.1 Å². The summed E-state index contributed by atoms with van der Waals surface area (Å²) in [6.07, 6.45) is 0. The second-order valence-corrected chi connectivity index (χ2v) is 6.51. The molecule has 24 heavy (non-hydrogen) atoms. The Morgan fingerprint density at radius 3 is 2.50 bits per heavy atom. The molecule has 0 unspecified atom stereocenters. The van der Waals surface area contributed by atoms with Gasteiger partial charge in [-0.05, 0) is 64.6 Å². The molecule has 4 heteroatoms. The van der Waals surface area contributed by atoms with Gasteiger partial charge in [-0.3, -0.25) is 4.79 Å². The molecule has 3 nitrogen and oxygen atoms in total. The zero-order valence-corrected chi connectivity index (χ0v) is 15.1. The van der Waals surface area contributed by atoms with Gasteiger partial charge >= 0.3 is 0 Å². The van der Waals surface area contributed by atoms with Gasteiger partial charge in [0.2, 0.25) is 0 Å².